The fourth-order valence-electron chi connectivity index (χ4n) is 2.07. The number of nitrogen functional groups attached to an aromatic ring is 1. The van der Waals surface area contributed by atoms with Crippen LogP contribution in [0.5, 0.6) is 0 Å². The zero-order valence-corrected chi connectivity index (χ0v) is 11.9. The first kappa shape index (κ1) is 13.1. The molecule has 0 bridgehead atoms. The maximum absolute atomic E-state index is 5.73. The summed E-state index contributed by atoms with van der Waals surface area (Å²) in [7, 11) is 0. The van der Waals surface area contributed by atoms with Gasteiger partial charge in [-0.05, 0) is 36.6 Å². The predicted octanol–water partition coefficient (Wildman–Crippen LogP) is 4.13. The molecule has 0 unspecified atom stereocenters. The van der Waals surface area contributed by atoms with Gasteiger partial charge in [0.25, 0.3) is 5.22 Å². The van der Waals surface area contributed by atoms with Crippen LogP contribution in [-0.2, 0) is 6.42 Å². The van der Waals surface area contributed by atoms with E-state index < -0.39 is 0 Å². The molecule has 102 valence electrons. The van der Waals surface area contributed by atoms with Crippen LogP contribution in [0.3, 0.4) is 0 Å². The molecule has 0 aliphatic rings. The van der Waals surface area contributed by atoms with Gasteiger partial charge in [-0.2, -0.15) is 0 Å². The maximum atomic E-state index is 5.73. The van der Waals surface area contributed by atoms with Gasteiger partial charge in [-0.3, -0.25) is 0 Å². The first-order chi connectivity index (χ1) is 9.81. The monoisotopic (exact) mass is 284 g/mol. The maximum Gasteiger partial charge on any atom is 0.256 e. The second-order valence-electron chi connectivity index (χ2n) is 4.64. The lowest BCUT2D eigenvalue weighted by atomic mass is 10.1. The fourth-order valence-corrected chi connectivity index (χ4v) is 2.84. The minimum atomic E-state index is 0.714. The highest BCUT2D eigenvalue weighted by molar-refractivity contribution is 7.99. The van der Waals surface area contributed by atoms with Gasteiger partial charge >= 0.3 is 0 Å². The van der Waals surface area contributed by atoms with E-state index in [9.17, 15) is 0 Å². The normalized spacial score (nSPS) is 11.0. The van der Waals surface area contributed by atoms with E-state index in [1.165, 1.54) is 5.56 Å². The van der Waals surface area contributed by atoms with Crippen LogP contribution >= 0.6 is 11.8 Å². The topological polar surface area (TPSA) is 52.0 Å². The molecule has 1 aromatic heterocycles. The van der Waals surface area contributed by atoms with Gasteiger partial charge in [0.05, 0.1) is 0 Å². The number of oxazole rings is 1. The summed E-state index contributed by atoms with van der Waals surface area (Å²) in [5.74, 6) is 0.997. The number of benzene rings is 2. The summed E-state index contributed by atoms with van der Waals surface area (Å²) in [6.07, 6.45) is 2.19. The lowest BCUT2D eigenvalue weighted by Gasteiger charge is -1.99. The smallest absolute Gasteiger partial charge is 0.256 e. The molecule has 0 spiro atoms. The number of hydrogen-bond acceptors (Lipinski definition) is 4. The Morgan fingerprint density at radius 3 is 2.80 bits per heavy atom. The number of nitrogens with two attached hydrogens (primary N) is 1. The zero-order chi connectivity index (χ0) is 13.8. The van der Waals surface area contributed by atoms with Gasteiger partial charge in [-0.1, -0.05) is 42.1 Å². The van der Waals surface area contributed by atoms with Crippen molar-refractivity contribution in [2.75, 3.05) is 11.5 Å². The summed E-state index contributed by atoms with van der Waals surface area (Å²) in [5.41, 5.74) is 9.44. The van der Waals surface area contributed by atoms with E-state index in [2.05, 4.69) is 29.2 Å². The third-order valence-corrected chi connectivity index (χ3v) is 3.98. The van der Waals surface area contributed by atoms with Crippen molar-refractivity contribution in [2.24, 2.45) is 0 Å². The molecule has 0 saturated carbocycles. The summed E-state index contributed by atoms with van der Waals surface area (Å²) in [6, 6.07) is 16.1. The average molecular weight is 284 g/mol. The van der Waals surface area contributed by atoms with Crippen molar-refractivity contribution in [1.29, 1.82) is 0 Å². The van der Waals surface area contributed by atoms with E-state index >= 15 is 0 Å². The number of rotatable bonds is 5. The number of hydrogen-bond donors (Lipinski definition) is 1. The van der Waals surface area contributed by atoms with E-state index in [1.807, 2.05) is 24.3 Å². The van der Waals surface area contributed by atoms with Crippen LogP contribution < -0.4 is 5.73 Å². The van der Waals surface area contributed by atoms with Crippen LogP contribution in [-0.4, -0.2) is 10.7 Å². The summed E-state index contributed by atoms with van der Waals surface area (Å²) < 4.78 is 5.67. The molecular weight excluding hydrogens is 268 g/mol. The van der Waals surface area contributed by atoms with Crippen molar-refractivity contribution in [2.45, 2.75) is 18.1 Å². The molecule has 3 aromatic rings. The van der Waals surface area contributed by atoms with Crippen molar-refractivity contribution in [3.63, 3.8) is 0 Å². The lowest BCUT2D eigenvalue weighted by molar-refractivity contribution is 0.489. The molecule has 0 aliphatic heterocycles. The summed E-state index contributed by atoms with van der Waals surface area (Å²) in [6.45, 7) is 0. The van der Waals surface area contributed by atoms with Crippen LogP contribution in [0, 0.1) is 0 Å². The Morgan fingerprint density at radius 1 is 1.10 bits per heavy atom. The van der Waals surface area contributed by atoms with Gasteiger partial charge in [-0.25, -0.2) is 4.98 Å². The van der Waals surface area contributed by atoms with E-state index in [-0.39, 0.29) is 0 Å². The summed E-state index contributed by atoms with van der Waals surface area (Å²) in [5, 5.41) is 0.721. The van der Waals surface area contributed by atoms with Gasteiger partial charge in [0, 0.05) is 11.4 Å². The molecular formula is C16H16N2OS. The van der Waals surface area contributed by atoms with Crippen LogP contribution in [0.1, 0.15) is 12.0 Å². The van der Waals surface area contributed by atoms with Crippen molar-refractivity contribution in [1.82, 2.24) is 4.98 Å². The number of anilines is 1. The Balaban J connectivity index is 1.55. The Bertz CT molecular complexity index is 694. The molecule has 0 amide bonds. The second kappa shape index (κ2) is 6.01. The minimum absolute atomic E-state index is 0.714. The third-order valence-electron chi connectivity index (χ3n) is 3.07. The Labute approximate surface area is 122 Å². The number of aryl methyl sites for hydroxylation is 1. The van der Waals surface area contributed by atoms with Crippen molar-refractivity contribution in [3.8, 4) is 0 Å². The predicted molar refractivity (Wildman–Crippen MR) is 83.9 cm³/mol. The van der Waals surface area contributed by atoms with Gasteiger partial charge in [-0.15, -0.1) is 0 Å². The zero-order valence-electron chi connectivity index (χ0n) is 11.1. The lowest BCUT2D eigenvalue weighted by Crippen LogP contribution is -1.87. The fraction of sp³-hybridized carbons (Fsp3) is 0.188. The first-order valence-electron chi connectivity index (χ1n) is 6.64. The molecule has 0 saturated heterocycles. The molecule has 2 aromatic carbocycles. The molecule has 1 heterocycles. The molecule has 3 nitrogen and oxygen atoms in total. The summed E-state index contributed by atoms with van der Waals surface area (Å²) >= 11 is 1.65. The Hall–Kier alpha value is -1.94. The molecule has 20 heavy (non-hydrogen) atoms. The molecule has 0 atom stereocenters. The van der Waals surface area contributed by atoms with Crippen LogP contribution in [0.25, 0.3) is 11.1 Å². The molecule has 0 aliphatic carbocycles. The minimum Gasteiger partial charge on any atom is -0.431 e. The SMILES string of the molecule is Nc1ccc2oc(SCCCc3ccccc3)nc2c1. The van der Waals surface area contributed by atoms with E-state index in [0.717, 1.165) is 34.9 Å². The highest BCUT2D eigenvalue weighted by Gasteiger charge is 2.06. The molecule has 0 fully saturated rings. The molecule has 3 rings (SSSR count). The van der Waals surface area contributed by atoms with Gasteiger partial charge in [0.15, 0.2) is 5.58 Å². The van der Waals surface area contributed by atoms with Crippen LogP contribution in [0.4, 0.5) is 5.69 Å². The van der Waals surface area contributed by atoms with Crippen molar-refractivity contribution >= 4 is 28.5 Å². The number of fused-ring (bicyclic) bond motifs is 1. The van der Waals surface area contributed by atoms with Gasteiger partial charge < -0.3 is 10.2 Å². The number of thioether (sulfide) groups is 1. The average Bonchev–Trinajstić information content (AvgIpc) is 2.86. The van der Waals surface area contributed by atoms with Crippen molar-refractivity contribution < 1.29 is 4.42 Å². The Kier molecular flexibility index (Phi) is 3.92. The van der Waals surface area contributed by atoms with Gasteiger partial charge in [0.1, 0.15) is 5.52 Å². The second-order valence-corrected chi connectivity index (χ2v) is 5.69. The van der Waals surface area contributed by atoms with E-state index in [4.69, 9.17) is 10.2 Å². The molecule has 2 N–H and O–H groups in total. The molecule has 0 radical (unpaired) electrons. The quantitative estimate of drug-likeness (QED) is 0.435. The summed E-state index contributed by atoms with van der Waals surface area (Å²) in [4.78, 5) is 4.43. The van der Waals surface area contributed by atoms with Crippen molar-refractivity contribution in [3.05, 3.63) is 54.1 Å². The van der Waals surface area contributed by atoms with Crippen LogP contribution in [0.15, 0.2) is 58.2 Å². The standard InChI is InChI=1S/C16H16N2OS/c17-13-8-9-15-14(11-13)18-16(19-15)20-10-4-7-12-5-2-1-3-6-12/h1-3,5-6,8-9,11H,4,7,10,17H2. The Morgan fingerprint density at radius 2 is 1.95 bits per heavy atom. The van der Waals surface area contributed by atoms with E-state index in [1.54, 1.807) is 11.8 Å². The third kappa shape index (κ3) is 3.14. The molecule has 4 heteroatoms. The van der Waals surface area contributed by atoms with Gasteiger partial charge in [0.2, 0.25) is 0 Å². The largest absolute Gasteiger partial charge is 0.431 e. The highest BCUT2D eigenvalue weighted by atomic mass is 32.2. The highest BCUT2D eigenvalue weighted by Crippen LogP contribution is 2.25. The number of aromatic nitrogens is 1. The first-order valence-corrected chi connectivity index (χ1v) is 7.62. The van der Waals surface area contributed by atoms with E-state index in [0.29, 0.717) is 5.69 Å². The van der Waals surface area contributed by atoms with Crippen LogP contribution in [0.2, 0.25) is 0 Å². The number of nitrogens with zero attached hydrogens (tertiary/aromatic N) is 1.